The van der Waals surface area contributed by atoms with Crippen molar-refractivity contribution >= 4 is 17.8 Å². The van der Waals surface area contributed by atoms with E-state index in [1.54, 1.807) is 17.2 Å². The van der Waals surface area contributed by atoms with Crippen LogP contribution in [0.2, 0.25) is 0 Å². The number of piperidine rings is 2. The van der Waals surface area contributed by atoms with Gasteiger partial charge in [0.05, 0.1) is 6.20 Å². The summed E-state index contributed by atoms with van der Waals surface area (Å²) in [6, 6.07) is 6.45. The molecule has 9 heteroatoms. The molecule has 176 valence electrons. The van der Waals surface area contributed by atoms with Crippen LogP contribution in [-0.4, -0.2) is 70.2 Å². The lowest BCUT2D eigenvalue weighted by atomic mass is 9.90. The molecule has 0 radical (unpaired) electrons. The van der Waals surface area contributed by atoms with Gasteiger partial charge in [-0.15, -0.1) is 0 Å². The highest BCUT2D eigenvalue weighted by Crippen LogP contribution is 2.30. The second kappa shape index (κ2) is 10.2. The molecule has 0 unspecified atom stereocenters. The number of rotatable bonds is 6. The van der Waals surface area contributed by atoms with E-state index in [0.29, 0.717) is 57.3 Å². The van der Waals surface area contributed by atoms with Crippen molar-refractivity contribution in [2.24, 2.45) is 0 Å². The third-order valence-electron chi connectivity index (χ3n) is 6.23. The van der Waals surface area contributed by atoms with Gasteiger partial charge < -0.3 is 15.4 Å². The number of nitrogens with two attached hydrogens (primary N) is 1. The minimum Gasteiger partial charge on any atom is -0.474 e. The average Bonchev–Trinajstić information content (AvgIpc) is 2.82. The highest BCUT2D eigenvalue weighted by Gasteiger charge is 2.44. The summed E-state index contributed by atoms with van der Waals surface area (Å²) in [6.07, 6.45) is 8.21. The Morgan fingerprint density at radius 1 is 1.18 bits per heavy atom. The van der Waals surface area contributed by atoms with E-state index in [1.807, 2.05) is 18.2 Å². The number of carbonyl (C=O) groups is 1. The van der Waals surface area contributed by atoms with E-state index in [2.05, 4.69) is 14.9 Å². The smallest absolute Gasteiger partial charge is 0.260 e. The van der Waals surface area contributed by atoms with Crippen molar-refractivity contribution in [3.05, 3.63) is 54.1 Å². The van der Waals surface area contributed by atoms with Crippen LogP contribution < -0.4 is 10.5 Å². The fraction of sp³-hybridized carbons (Fsp3) is 0.458. The van der Waals surface area contributed by atoms with Gasteiger partial charge in [0.2, 0.25) is 5.88 Å². The molecule has 0 bridgehead atoms. The van der Waals surface area contributed by atoms with Gasteiger partial charge in [0.25, 0.3) is 5.91 Å². The topological polar surface area (TPSA) is 84.6 Å². The zero-order valence-electron chi connectivity index (χ0n) is 18.5. The molecule has 2 aliphatic rings. The van der Waals surface area contributed by atoms with Gasteiger partial charge in [0.1, 0.15) is 17.7 Å². The van der Waals surface area contributed by atoms with Crippen LogP contribution in [0.15, 0.2) is 42.7 Å². The number of pyridine rings is 2. The van der Waals surface area contributed by atoms with E-state index in [9.17, 15) is 9.18 Å². The summed E-state index contributed by atoms with van der Waals surface area (Å²) < 4.78 is 34.2. The zero-order chi connectivity index (χ0) is 23.3. The lowest BCUT2D eigenvalue weighted by Crippen LogP contribution is -2.54. The molecular formula is C24H29F2N5O2. The molecular weight excluding hydrogens is 428 g/mol. The first kappa shape index (κ1) is 23.1. The number of carbonyl (C=O) groups excluding carboxylic acids is 1. The number of hydrogen-bond acceptors (Lipinski definition) is 6. The van der Waals surface area contributed by atoms with Crippen LogP contribution in [0.1, 0.15) is 31.2 Å². The Kier molecular flexibility index (Phi) is 7.17. The number of anilines is 1. The van der Waals surface area contributed by atoms with Crippen molar-refractivity contribution in [1.82, 2.24) is 19.8 Å². The second-order valence-electron chi connectivity index (χ2n) is 8.61. The summed E-state index contributed by atoms with van der Waals surface area (Å²) in [4.78, 5) is 24.5. The Hall–Kier alpha value is -3.07. The highest BCUT2D eigenvalue weighted by atomic mass is 19.1. The van der Waals surface area contributed by atoms with E-state index in [4.69, 9.17) is 10.5 Å². The maximum Gasteiger partial charge on any atom is 0.260 e. The van der Waals surface area contributed by atoms with Crippen molar-refractivity contribution in [3.63, 3.8) is 0 Å². The van der Waals surface area contributed by atoms with Gasteiger partial charge in [0.15, 0.2) is 5.67 Å². The first-order chi connectivity index (χ1) is 15.9. The Morgan fingerprint density at radius 2 is 1.94 bits per heavy atom. The number of ether oxygens (including phenoxy) is 1. The molecule has 0 atom stereocenters. The Bertz CT molecular complexity index is 969. The Labute approximate surface area is 192 Å². The van der Waals surface area contributed by atoms with Crippen LogP contribution in [0.5, 0.6) is 5.88 Å². The third-order valence-corrected chi connectivity index (χ3v) is 6.23. The average molecular weight is 458 g/mol. The predicted octanol–water partition coefficient (Wildman–Crippen LogP) is 3.09. The Morgan fingerprint density at radius 3 is 2.61 bits per heavy atom. The van der Waals surface area contributed by atoms with E-state index in [1.165, 1.54) is 12.1 Å². The number of aromatic nitrogens is 2. The van der Waals surface area contributed by atoms with E-state index >= 15 is 4.39 Å². The summed E-state index contributed by atoms with van der Waals surface area (Å²) >= 11 is 0. The molecule has 2 aliphatic heterocycles. The highest BCUT2D eigenvalue weighted by molar-refractivity contribution is 5.85. The van der Waals surface area contributed by atoms with Crippen molar-refractivity contribution in [2.75, 3.05) is 38.5 Å². The standard InChI is InChI=1S/C24H29F2N5O2/c25-19-3-4-22(29-17-19)33-20-6-12-31(13-7-20)23(32)24(26)8-14-30(15-9-24)11-1-2-18-5-10-28-21(27)16-18/h1-5,10,16-17,20H,6-9,11-15H2,(H2,27,28)/b2-1+. The van der Waals surface area contributed by atoms with Gasteiger partial charge in [-0.1, -0.05) is 12.2 Å². The number of likely N-dealkylation sites (tertiary alicyclic amines) is 2. The van der Waals surface area contributed by atoms with Gasteiger partial charge >= 0.3 is 0 Å². The van der Waals surface area contributed by atoms with Crippen molar-refractivity contribution in [2.45, 2.75) is 37.5 Å². The van der Waals surface area contributed by atoms with E-state index in [0.717, 1.165) is 11.8 Å². The number of hydrogen-bond donors (Lipinski definition) is 1. The molecule has 4 heterocycles. The fourth-order valence-electron chi connectivity index (χ4n) is 4.27. The summed E-state index contributed by atoms with van der Waals surface area (Å²) in [5.41, 5.74) is 4.84. The molecule has 33 heavy (non-hydrogen) atoms. The van der Waals surface area contributed by atoms with Gasteiger partial charge in [0, 0.05) is 70.7 Å². The van der Waals surface area contributed by atoms with Crippen LogP contribution in [0.4, 0.5) is 14.6 Å². The lowest BCUT2D eigenvalue weighted by molar-refractivity contribution is -0.149. The molecule has 1 amide bonds. The second-order valence-corrected chi connectivity index (χ2v) is 8.61. The quantitative estimate of drug-likeness (QED) is 0.718. The van der Waals surface area contributed by atoms with Gasteiger partial charge in [-0.3, -0.25) is 9.69 Å². The summed E-state index contributed by atoms with van der Waals surface area (Å²) in [5, 5.41) is 0. The molecule has 0 spiro atoms. The normalized spacial score (nSPS) is 19.6. The molecule has 2 saturated heterocycles. The summed E-state index contributed by atoms with van der Waals surface area (Å²) in [5.74, 6) is -0.00385. The molecule has 0 aliphatic carbocycles. The first-order valence-electron chi connectivity index (χ1n) is 11.3. The minimum absolute atomic E-state index is 0.119. The summed E-state index contributed by atoms with van der Waals surface area (Å²) in [6.45, 7) is 2.63. The monoisotopic (exact) mass is 457 g/mol. The number of alkyl halides is 1. The van der Waals surface area contributed by atoms with Crippen LogP contribution in [0, 0.1) is 5.82 Å². The maximum atomic E-state index is 15.5. The third kappa shape index (κ3) is 6.04. The lowest BCUT2D eigenvalue weighted by Gasteiger charge is -2.40. The van der Waals surface area contributed by atoms with Crippen LogP contribution in [0.3, 0.4) is 0 Å². The van der Waals surface area contributed by atoms with Crippen molar-refractivity contribution in [3.8, 4) is 5.88 Å². The number of nitrogen functional groups attached to an aromatic ring is 1. The maximum absolute atomic E-state index is 15.5. The fourth-order valence-corrected chi connectivity index (χ4v) is 4.27. The van der Waals surface area contributed by atoms with Gasteiger partial charge in [-0.25, -0.2) is 18.7 Å². The van der Waals surface area contributed by atoms with Crippen LogP contribution >= 0.6 is 0 Å². The number of amides is 1. The first-order valence-corrected chi connectivity index (χ1v) is 11.3. The van der Waals surface area contributed by atoms with Gasteiger partial charge in [-0.2, -0.15) is 0 Å². The largest absolute Gasteiger partial charge is 0.474 e. The zero-order valence-corrected chi connectivity index (χ0v) is 18.5. The SMILES string of the molecule is Nc1cc(/C=C/CN2CCC(F)(C(=O)N3CCC(Oc4ccc(F)cn4)CC3)CC2)ccn1. The molecule has 2 aromatic heterocycles. The predicted molar refractivity (Wildman–Crippen MR) is 122 cm³/mol. The van der Waals surface area contributed by atoms with Crippen molar-refractivity contribution < 1.29 is 18.3 Å². The molecule has 4 rings (SSSR count). The van der Waals surface area contributed by atoms with E-state index < -0.39 is 17.4 Å². The van der Waals surface area contributed by atoms with Crippen molar-refractivity contribution in [1.29, 1.82) is 0 Å². The van der Waals surface area contributed by atoms with Gasteiger partial charge in [-0.05, 0) is 23.8 Å². The number of halogens is 2. The summed E-state index contributed by atoms with van der Waals surface area (Å²) in [7, 11) is 0. The minimum atomic E-state index is -1.81. The molecule has 0 saturated carbocycles. The van der Waals surface area contributed by atoms with Crippen LogP contribution in [0.25, 0.3) is 6.08 Å². The molecule has 2 aromatic rings. The number of nitrogens with zero attached hydrogens (tertiary/aromatic N) is 4. The Balaban J connectivity index is 1.22. The van der Waals surface area contributed by atoms with Crippen LogP contribution in [-0.2, 0) is 4.79 Å². The molecule has 7 nitrogen and oxygen atoms in total. The molecule has 2 fully saturated rings. The molecule has 0 aromatic carbocycles. The van der Waals surface area contributed by atoms with E-state index in [-0.39, 0.29) is 18.9 Å². The molecule has 2 N–H and O–H groups in total.